The van der Waals surface area contributed by atoms with Gasteiger partial charge in [-0.1, -0.05) is 17.7 Å². The van der Waals surface area contributed by atoms with Gasteiger partial charge in [0.05, 0.1) is 5.69 Å². The lowest BCUT2D eigenvalue weighted by molar-refractivity contribution is 0.0935. The Kier molecular flexibility index (Phi) is 5.83. The lowest BCUT2D eigenvalue weighted by Gasteiger charge is -2.31. The van der Waals surface area contributed by atoms with Crippen molar-refractivity contribution in [2.24, 2.45) is 5.92 Å². The summed E-state index contributed by atoms with van der Waals surface area (Å²) in [6.07, 6.45) is 4.05. The topological polar surface area (TPSA) is 45.2 Å². The average Bonchev–Trinajstić information content (AvgIpc) is 2.62. The molecule has 3 rings (SSSR count). The van der Waals surface area contributed by atoms with Crippen LogP contribution in [0.3, 0.4) is 0 Å². The third kappa shape index (κ3) is 4.79. The number of nitrogens with one attached hydrogen (secondary N) is 1. The number of hydrogen-bond donors (Lipinski definition) is 1. The molecule has 126 valence electrons. The summed E-state index contributed by atoms with van der Waals surface area (Å²) in [6, 6.07) is 13.0. The lowest BCUT2D eigenvalue weighted by atomic mass is 9.96. The average molecular weight is 344 g/mol. The molecular formula is C19H22ClN3O. The van der Waals surface area contributed by atoms with Crippen LogP contribution in [0.5, 0.6) is 0 Å². The summed E-state index contributed by atoms with van der Waals surface area (Å²) in [4.78, 5) is 18.9. The highest BCUT2D eigenvalue weighted by atomic mass is 35.5. The van der Waals surface area contributed by atoms with Crippen LogP contribution in [0, 0.1) is 5.92 Å². The van der Waals surface area contributed by atoms with Gasteiger partial charge in [-0.3, -0.25) is 14.7 Å². The standard InChI is InChI=1S/C19H22ClN3O/c20-17-6-4-16(5-7-17)19(24)22-13-15-8-11-23(12-9-15)14-18-3-1-2-10-21-18/h1-7,10,15H,8-9,11-14H2,(H,22,24). The second-order valence-electron chi connectivity index (χ2n) is 6.26. The molecule has 4 nitrogen and oxygen atoms in total. The molecule has 0 saturated carbocycles. The molecule has 24 heavy (non-hydrogen) atoms. The summed E-state index contributed by atoms with van der Waals surface area (Å²) < 4.78 is 0. The number of carbonyl (C=O) groups is 1. The highest BCUT2D eigenvalue weighted by molar-refractivity contribution is 6.30. The van der Waals surface area contributed by atoms with Gasteiger partial charge in [0.15, 0.2) is 0 Å². The Morgan fingerprint density at radius 1 is 1.17 bits per heavy atom. The quantitative estimate of drug-likeness (QED) is 0.905. The van der Waals surface area contributed by atoms with Gasteiger partial charge < -0.3 is 5.32 Å². The highest BCUT2D eigenvalue weighted by Crippen LogP contribution is 2.18. The van der Waals surface area contributed by atoms with Crippen molar-refractivity contribution in [3.05, 3.63) is 64.9 Å². The van der Waals surface area contributed by atoms with Crippen molar-refractivity contribution in [2.45, 2.75) is 19.4 Å². The highest BCUT2D eigenvalue weighted by Gasteiger charge is 2.20. The molecule has 1 saturated heterocycles. The first kappa shape index (κ1) is 16.9. The molecule has 1 aromatic heterocycles. The van der Waals surface area contributed by atoms with E-state index >= 15 is 0 Å². The number of carbonyl (C=O) groups excluding carboxylic acids is 1. The van der Waals surface area contributed by atoms with Gasteiger partial charge in [-0.25, -0.2) is 0 Å². The molecule has 0 spiro atoms. The molecular weight excluding hydrogens is 322 g/mol. The second-order valence-corrected chi connectivity index (χ2v) is 6.69. The van der Waals surface area contributed by atoms with Crippen LogP contribution >= 0.6 is 11.6 Å². The van der Waals surface area contributed by atoms with Gasteiger partial charge in [0, 0.05) is 29.9 Å². The van der Waals surface area contributed by atoms with Gasteiger partial charge in [-0.15, -0.1) is 0 Å². The van der Waals surface area contributed by atoms with E-state index in [1.54, 1.807) is 24.3 Å². The number of halogens is 1. The zero-order chi connectivity index (χ0) is 16.8. The third-order valence-corrected chi connectivity index (χ3v) is 4.73. The first-order valence-corrected chi connectivity index (χ1v) is 8.74. The maximum atomic E-state index is 12.1. The van der Waals surface area contributed by atoms with Gasteiger partial charge >= 0.3 is 0 Å². The zero-order valence-electron chi connectivity index (χ0n) is 13.6. The first-order valence-electron chi connectivity index (χ1n) is 8.37. The van der Waals surface area contributed by atoms with Crippen LogP contribution in [-0.2, 0) is 6.54 Å². The van der Waals surface area contributed by atoms with Crippen molar-refractivity contribution in [1.82, 2.24) is 15.2 Å². The molecule has 1 aromatic carbocycles. The van der Waals surface area contributed by atoms with E-state index in [1.807, 2.05) is 18.3 Å². The number of hydrogen-bond acceptors (Lipinski definition) is 3. The number of rotatable bonds is 5. The van der Waals surface area contributed by atoms with Crippen molar-refractivity contribution < 1.29 is 4.79 Å². The Bertz CT molecular complexity index is 652. The fraction of sp³-hybridized carbons (Fsp3) is 0.368. The number of pyridine rings is 1. The minimum atomic E-state index is -0.0254. The van der Waals surface area contributed by atoms with Crippen molar-refractivity contribution in [3.8, 4) is 0 Å². The number of aromatic nitrogens is 1. The summed E-state index contributed by atoms with van der Waals surface area (Å²) >= 11 is 5.85. The van der Waals surface area contributed by atoms with E-state index in [4.69, 9.17) is 11.6 Å². The van der Waals surface area contributed by atoms with E-state index in [2.05, 4.69) is 21.3 Å². The molecule has 1 amide bonds. The van der Waals surface area contributed by atoms with Crippen LogP contribution in [0.15, 0.2) is 48.7 Å². The molecule has 2 heterocycles. The largest absolute Gasteiger partial charge is 0.352 e. The lowest BCUT2D eigenvalue weighted by Crippen LogP contribution is -2.38. The Morgan fingerprint density at radius 2 is 1.92 bits per heavy atom. The molecule has 1 aliphatic rings. The molecule has 0 aliphatic carbocycles. The van der Waals surface area contributed by atoms with Crippen LogP contribution in [-0.4, -0.2) is 35.4 Å². The Balaban J connectivity index is 1.41. The van der Waals surface area contributed by atoms with Gasteiger partial charge in [0.25, 0.3) is 5.91 Å². The summed E-state index contributed by atoms with van der Waals surface area (Å²) in [7, 11) is 0. The third-order valence-electron chi connectivity index (χ3n) is 4.48. The molecule has 0 bridgehead atoms. The monoisotopic (exact) mass is 343 g/mol. The summed E-state index contributed by atoms with van der Waals surface area (Å²) in [5.41, 5.74) is 1.78. The molecule has 1 aliphatic heterocycles. The van der Waals surface area contributed by atoms with Crippen molar-refractivity contribution in [2.75, 3.05) is 19.6 Å². The van der Waals surface area contributed by atoms with Gasteiger partial charge in [0.1, 0.15) is 0 Å². The molecule has 0 unspecified atom stereocenters. The van der Waals surface area contributed by atoms with Crippen LogP contribution in [0.1, 0.15) is 28.9 Å². The van der Waals surface area contributed by atoms with Crippen LogP contribution in [0.25, 0.3) is 0 Å². The van der Waals surface area contributed by atoms with Crippen molar-refractivity contribution >= 4 is 17.5 Å². The summed E-state index contributed by atoms with van der Waals surface area (Å²) in [6.45, 7) is 3.75. The smallest absolute Gasteiger partial charge is 0.251 e. The Hall–Kier alpha value is -1.91. The predicted octanol–water partition coefficient (Wildman–Crippen LogP) is 3.38. The van der Waals surface area contributed by atoms with Crippen molar-refractivity contribution in [3.63, 3.8) is 0 Å². The minimum absolute atomic E-state index is 0.0254. The van der Waals surface area contributed by atoms with E-state index in [1.165, 1.54) is 0 Å². The van der Waals surface area contributed by atoms with Gasteiger partial charge in [-0.2, -0.15) is 0 Å². The SMILES string of the molecule is O=C(NCC1CCN(Cc2ccccn2)CC1)c1ccc(Cl)cc1. The molecule has 1 fully saturated rings. The van der Waals surface area contributed by atoms with E-state index in [0.717, 1.165) is 44.7 Å². The molecule has 5 heteroatoms. The first-order chi connectivity index (χ1) is 11.7. The van der Waals surface area contributed by atoms with Crippen molar-refractivity contribution in [1.29, 1.82) is 0 Å². The van der Waals surface area contributed by atoms with Crippen LogP contribution in [0.2, 0.25) is 5.02 Å². The number of amides is 1. The van der Waals surface area contributed by atoms with Crippen LogP contribution in [0.4, 0.5) is 0 Å². The minimum Gasteiger partial charge on any atom is -0.352 e. The van der Waals surface area contributed by atoms with E-state index in [-0.39, 0.29) is 5.91 Å². The second kappa shape index (κ2) is 8.27. The molecule has 0 radical (unpaired) electrons. The van der Waals surface area contributed by atoms with E-state index in [9.17, 15) is 4.79 Å². The maximum absolute atomic E-state index is 12.1. The number of piperidine rings is 1. The molecule has 0 atom stereocenters. The normalized spacial score (nSPS) is 16.0. The summed E-state index contributed by atoms with van der Waals surface area (Å²) in [5, 5.41) is 3.68. The Morgan fingerprint density at radius 3 is 2.58 bits per heavy atom. The van der Waals surface area contributed by atoms with Gasteiger partial charge in [0.2, 0.25) is 0 Å². The zero-order valence-corrected chi connectivity index (χ0v) is 14.4. The van der Waals surface area contributed by atoms with Gasteiger partial charge in [-0.05, 0) is 68.2 Å². The maximum Gasteiger partial charge on any atom is 0.251 e. The van der Waals surface area contributed by atoms with E-state index in [0.29, 0.717) is 16.5 Å². The molecule has 1 N–H and O–H groups in total. The number of nitrogens with zero attached hydrogens (tertiary/aromatic N) is 2. The fourth-order valence-corrected chi connectivity index (χ4v) is 3.14. The summed E-state index contributed by atoms with van der Waals surface area (Å²) in [5.74, 6) is 0.517. The molecule has 2 aromatic rings. The predicted molar refractivity (Wildman–Crippen MR) is 96.0 cm³/mol. The fourth-order valence-electron chi connectivity index (χ4n) is 3.01. The number of likely N-dealkylation sites (tertiary alicyclic amines) is 1. The van der Waals surface area contributed by atoms with Crippen LogP contribution < -0.4 is 5.32 Å². The number of benzene rings is 1. The van der Waals surface area contributed by atoms with E-state index < -0.39 is 0 Å². The Labute approximate surface area is 147 Å².